The fourth-order valence-corrected chi connectivity index (χ4v) is 0.454. The van der Waals surface area contributed by atoms with Gasteiger partial charge in [-0.1, -0.05) is 33.3 Å². The van der Waals surface area contributed by atoms with Crippen LogP contribution in [-0.2, 0) is 45.2 Å². The molecular weight excluding hydrogens is 368 g/mol. The van der Waals surface area contributed by atoms with Crippen LogP contribution in [0, 0.1) is 26.6 Å². The first-order valence-corrected chi connectivity index (χ1v) is 7.03. The van der Waals surface area contributed by atoms with Crippen molar-refractivity contribution in [3.05, 3.63) is 39.3 Å². The molecule has 0 aliphatic rings. The first-order valence-electron chi connectivity index (χ1n) is 7.03. The van der Waals surface area contributed by atoms with Crippen molar-refractivity contribution in [2.75, 3.05) is 7.11 Å². The molecular formula is C18H30FeO6. The van der Waals surface area contributed by atoms with E-state index in [4.69, 9.17) is 23.3 Å². The average Bonchev–Trinajstić information content (AvgIpc) is 2.72. The molecule has 0 heterocycles. The molecule has 0 aromatic carbocycles. The summed E-state index contributed by atoms with van der Waals surface area (Å²) in [6.07, 6.45) is 8.36. The first kappa shape index (κ1) is 49.6. The first-order chi connectivity index (χ1) is 11.6. The van der Waals surface area contributed by atoms with Gasteiger partial charge in [-0.25, -0.2) is 0 Å². The zero-order valence-corrected chi connectivity index (χ0v) is 16.9. The molecule has 7 heteroatoms. The zero-order chi connectivity index (χ0) is 21.2. The molecule has 6 nitrogen and oxygen atoms in total. The molecule has 0 aliphatic carbocycles. The largest absolute Gasteiger partial charge is 0 e. The van der Waals surface area contributed by atoms with Crippen molar-refractivity contribution in [2.45, 2.75) is 65.9 Å². The molecule has 0 rings (SSSR count). The summed E-state index contributed by atoms with van der Waals surface area (Å²) in [6.45, 7) is 29.8. The SMILES string of the molecule is C=CCC.CCC(C)OC.CCCCC=O.[C-]#[O+].[C-]#[O+].[C-]#[O+].[C-]#[O+].[Fe]. The minimum atomic E-state index is 0. The number of carbonyl (C=O) groups is 1. The third-order valence-electron chi connectivity index (χ3n) is 1.94. The Morgan fingerprint density at radius 1 is 1.00 bits per heavy atom. The number of unbranched alkanes of at least 4 members (excludes halogenated alkanes) is 2. The fourth-order valence-electron chi connectivity index (χ4n) is 0.454. The monoisotopic (exact) mass is 398 g/mol. The van der Waals surface area contributed by atoms with Crippen LogP contribution in [0.1, 0.15) is 59.8 Å². The summed E-state index contributed by atoms with van der Waals surface area (Å²) in [7, 11) is 1.73. The molecule has 146 valence electrons. The maximum atomic E-state index is 9.56. The molecule has 0 aromatic heterocycles. The van der Waals surface area contributed by atoms with E-state index in [-0.39, 0.29) is 17.1 Å². The van der Waals surface area contributed by atoms with E-state index in [0.717, 1.165) is 38.4 Å². The predicted molar refractivity (Wildman–Crippen MR) is 88.6 cm³/mol. The Morgan fingerprint density at radius 2 is 1.32 bits per heavy atom. The van der Waals surface area contributed by atoms with Gasteiger partial charge in [0.15, 0.2) is 0 Å². The Morgan fingerprint density at radius 3 is 1.36 bits per heavy atom. The number of ether oxygens (including phenoxy) is 1. The maximum absolute atomic E-state index is 9.56. The van der Waals surface area contributed by atoms with E-state index in [0.29, 0.717) is 6.10 Å². The Kier molecular flexibility index (Phi) is 223. The molecule has 1 unspecified atom stereocenters. The van der Waals surface area contributed by atoms with E-state index >= 15 is 0 Å². The smallest absolute Gasteiger partial charge is 0 e. The second-order valence-electron chi connectivity index (χ2n) is 3.46. The molecule has 0 saturated carbocycles. The van der Waals surface area contributed by atoms with Crippen LogP contribution in [0.4, 0.5) is 0 Å². The van der Waals surface area contributed by atoms with Crippen LogP contribution in [0.5, 0.6) is 0 Å². The molecule has 0 N–H and O–H groups in total. The normalized spacial score (nSPS) is 6.76. The van der Waals surface area contributed by atoms with Crippen molar-refractivity contribution in [1.82, 2.24) is 0 Å². The van der Waals surface area contributed by atoms with Crippen LogP contribution in [0.15, 0.2) is 12.7 Å². The Bertz CT molecular complexity index is 231. The summed E-state index contributed by atoms with van der Waals surface area (Å²) in [5.74, 6) is 0. The van der Waals surface area contributed by atoms with Crippen LogP contribution in [0.25, 0.3) is 0 Å². The van der Waals surface area contributed by atoms with Crippen LogP contribution in [0.3, 0.4) is 0 Å². The van der Waals surface area contributed by atoms with E-state index in [1.807, 2.05) is 6.08 Å². The van der Waals surface area contributed by atoms with Crippen molar-refractivity contribution in [3.8, 4) is 0 Å². The van der Waals surface area contributed by atoms with Gasteiger partial charge in [0.05, 0.1) is 6.10 Å². The number of methoxy groups -OCH3 is 1. The van der Waals surface area contributed by atoms with E-state index in [9.17, 15) is 4.79 Å². The van der Waals surface area contributed by atoms with Crippen LogP contribution in [0.2, 0.25) is 0 Å². The van der Waals surface area contributed by atoms with Crippen LogP contribution in [-0.4, -0.2) is 19.5 Å². The van der Waals surface area contributed by atoms with Crippen molar-refractivity contribution >= 4 is 6.29 Å². The maximum Gasteiger partial charge on any atom is 0 e. The van der Waals surface area contributed by atoms with Crippen molar-refractivity contribution in [2.24, 2.45) is 0 Å². The van der Waals surface area contributed by atoms with Gasteiger partial charge in [-0.05, 0) is 26.2 Å². The van der Waals surface area contributed by atoms with Crippen molar-refractivity contribution < 1.29 is 45.2 Å². The van der Waals surface area contributed by atoms with Crippen LogP contribution < -0.4 is 0 Å². The zero-order valence-electron chi connectivity index (χ0n) is 15.8. The fraction of sp³-hybridized carbons (Fsp3) is 0.611. The summed E-state index contributed by atoms with van der Waals surface area (Å²) in [5.41, 5.74) is 0. The summed E-state index contributed by atoms with van der Waals surface area (Å²) in [6, 6.07) is 0. The van der Waals surface area contributed by atoms with Crippen LogP contribution >= 0.6 is 0 Å². The molecule has 0 radical (unpaired) electrons. The van der Waals surface area contributed by atoms with Gasteiger partial charge in [-0.3, -0.25) is 0 Å². The van der Waals surface area contributed by atoms with Crippen molar-refractivity contribution in [3.63, 3.8) is 0 Å². The molecule has 0 aromatic rings. The van der Waals surface area contributed by atoms with Gasteiger partial charge in [0, 0.05) is 30.6 Å². The Labute approximate surface area is 164 Å². The summed E-state index contributed by atoms with van der Waals surface area (Å²) >= 11 is 0. The Balaban J connectivity index is -0.0000000239. The van der Waals surface area contributed by atoms with Gasteiger partial charge in [0.2, 0.25) is 0 Å². The third kappa shape index (κ3) is 212. The Hall–Kier alpha value is -1.15. The van der Waals surface area contributed by atoms with Gasteiger partial charge in [0.25, 0.3) is 0 Å². The quantitative estimate of drug-likeness (QED) is 0.167. The van der Waals surface area contributed by atoms with Gasteiger partial charge in [0.1, 0.15) is 6.29 Å². The predicted octanol–water partition coefficient (Wildman–Crippen LogP) is 4.24. The third-order valence-corrected chi connectivity index (χ3v) is 1.94. The van der Waals surface area contributed by atoms with E-state index in [1.165, 1.54) is 0 Å². The van der Waals surface area contributed by atoms with Gasteiger partial charge >= 0.3 is 45.2 Å². The summed E-state index contributed by atoms with van der Waals surface area (Å²) < 4.78 is 34.9. The summed E-state index contributed by atoms with van der Waals surface area (Å²) in [4.78, 5) is 9.56. The molecule has 0 spiro atoms. The number of rotatable bonds is 6. The minimum Gasteiger partial charge on any atom is 0 e. The average molecular weight is 398 g/mol. The van der Waals surface area contributed by atoms with Gasteiger partial charge < -0.3 is 9.53 Å². The van der Waals surface area contributed by atoms with Crippen molar-refractivity contribution in [1.29, 1.82) is 0 Å². The number of hydrogen-bond acceptors (Lipinski definition) is 2. The second kappa shape index (κ2) is 112. The summed E-state index contributed by atoms with van der Waals surface area (Å²) in [5, 5.41) is 0. The van der Waals surface area contributed by atoms with E-state index < -0.39 is 0 Å². The minimum absolute atomic E-state index is 0. The van der Waals surface area contributed by atoms with Gasteiger partial charge in [-0.15, -0.1) is 6.58 Å². The molecule has 25 heavy (non-hydrogen) atoms. The molecule has 0 saturated heterocycles. The molecule has 1 atom stereocenters. The molecule has 0 fully saturated rings. The molecule has 0 bridgehead atoms. The number of aldehydes is 1. The number of allylic oxidation sites excluding steroid dienone is 1. The number of carbonyl (C=O) groups excluding carboxylic acids is 1. The van der Waals surface area contributed by atoms with E-state index in [2.05, 4.69) is 60.9 Å². The second-order valence-corrected chi connectivity index (χ2v) is 3.46. The standard InChI is InChI=1S/C5H12O.C5H10O.C4H8.4CO.Fe/c1-4-5(2)6-3;1-2-3-4-5-6;1-3-4-2;4*1-2;/h5H,4H2,1-3H3;5H,2-4H2,1H3;3H,1,4H2,2H3;;;;;. The van der Waals surface area contributed by atoms with Gasteiger partial charge in [-0.2, -0.15) is 0 Å². The number of hydrogen-bond donors (Lipinski definition) is 0. The van der Waals surface area contributed by atoms with E-state index in [1.54, 1.807) is 7.11 Å². The molecule has 0 amide bonds. The molecule has 0 aliphatic heterocycles. The topological polar surface area (TPSA) is 106 Å².